The van der Waals surface area contributed by atoms with Gasteiger partial charge in [0.2, 0.25) is 0 Å². The fourth-order valence-corrected chi connectivity index (χ4v) is 2.50. The minimum absolute atomic E-state index is 0.110. The highest BCUT2D eigenvalue weighted by molar-refractivity contribution is 5.47. The van der Waals surface area contributed by atoms with Crippen LogP contribution in [0.15, 0.2) is 6.07 Å². The fraction of sp³-hybridized carbons (Fsp3) is 0.714. The summed E-state index contributed by atoms with van der Waals surface area (Å²) in [5, 5.41) is 16.1. The van der Waals surface area contributed by atoms with Crippen LogP contribution < -0.4 is 10.6 Å². The lowest BCUT2D eigenvalue weighted by molar-refractivity contribution is 0.178. The van der Waals surface area contributed by atoms with E-state index in [1.54, 1.807) is 0 Å². The third-order valence-corrected chi connectivity index (χ3v) is 3.53. The lowest BCUT2D eigenvalue weighted by Crippen LogP contribution is -2.14. The van der Waals surface area contributed by atoms with E-state index < -0.39 is 0 Å². The summed E-state index contributed by atoms with van der Waals surface area (Å²) in [7, 11) is 0. The largest absolute Gasteiger partial charge is 0.393 e. The van der Waals surface area contributed by atoms with E-state index in [1.165, 1.54) is 0 Å². The minimum atomic E-state index is -0.110. The first-order valence-corrected chi connectivity index (χ1v) is 7.25. The van der Waals surface area contributed by atoms with Gasteiger partial charge in [0.1, 0.15) is 17.5 Å². The van der Waals surface area contributed by atoms with E-state index in [9.17, 15) is 5.11 Å². The molecule has 1 fully saturated rings. The molecule has 0 radical (unpaired) electrons. The van der Waals surface area contributed by atoms with Gasteiger partial charge in [-0.3, -0.25) is 0 Å². The number of aromatic nitrogens is 2. The van der Waals surface area contributed by atoms with E-state index in [2.05, 4.69) is 34.4 Å². The molecule has 1 aromatic heterocycles. The SMILES string of the molecule is CCNc1cc(NCC2CCC(O)C2)nc(CC)n1. The number of aliphatic hydroxyl groups excluding tert-OH is 1. The summed E-state index contributed by atoms with van der Waals surface area (Å²) in [6.45, 7) is 5.85. The van der Waals surface area contributed by atoms with Crippen molar-refractivity contribution < 1.29 is 5.11 Å². The van der Waals surface area contributed by atoms with Crippen molar-refractivity contribution in [2.45, 2.75) is 45.6 Å². The average Bonchev–Trinajstić information content (AvgIpc) is 2.82. The van der Waals surface area contributed by atoms with Crippen LogP contribution in [0.4, 0.5) is 11.6 Å². The van der Waals surface area contributed by atoms with Crippen LogP contribution in [0.1, 0.15) is 38.9 Å². The van der Waals surface area contributed by atoms with Crippen molar-refractivity contribution in [1.82, 2.24) is 9.97 Å². The van der Waals surface area contributed by atoms with Crippen molar-refractivity contribution in [2.75, 3.05) is 23.7 Å². The van der Waals surface area contributed by atoms with Crippen LogP contribution in [-0.2, 0) is 6.42 Å². The van der Waals surface area contributed by atoms with Crippen molar-refractivity contribution in [3.05, 3.63) is 11.9 Å². The summed E-state index contributed by atoms with van der Waals surface area (Å²) >= 11 is 0. The third-order valence-electron chi connectivity index (χ3n) is 3.53. The zero-order valence-electron chi connectivity index (χ0n) is 11.8. The van der Waals surface area contributed by atoms with Gasteiger partial charge in [-0.15, -0.1) is 0 Å². The predicted molar refractivity (Wildman–Crippen MR) is 77.4 cm³/mol. The summed E-state index contributed by atoms with van der Waals surface area (Å²) in [5.74, 6) is 3.16. The Morgan fingerprint density at radius 2 is 1.95 bits per heavy atom. The quantitative estimate of drug-likeness (QED) is 0.733. The Balaban J connectivity index is 1.96. The molecule has 2 rings (SSSR count). The molecule has 19 heavy (non-hydrogen) atoms. The molecular weight excluding hydrogens is 240 g/mol. The first kappa shape index (κ1) is 14.1. The number of nitrogens with one attached hydrogen (secondary N) is 2. The van der Waals surface area contributed by atoms with E-state index in [0.29, 0.717) is 5.92 Å². The Morgan fingerprint density at radius 3 is 2.53 bits per heavy atom. The molecule has 0 aromatic carbocycles. The van der Waals surface area contributed by atoms with Gasteiger partial charge < -0.3 is 15.7 Å². The van der Waals surface area contributed by atoms with Crippen molar-refractivity contribution in [3.8, 4) is 0 Å². The van der Waals surface area contributed by atoms with Crippen LogP contribution in [0.5, 0.6) is 0 Å². The Labute approximate surface area is 114 Å². The van der Waals surface area contributed by atoms with E-state index >= 15 is 0 Å². The fourth-order valence-electron chi connectivity index (χ4n) is 2.50. The minimum Gasteiger partial charge on any atom is -0.393 e. The van der Waals surface area contributed by atoms with Crippen LogP contribution >= 0.6 is 0 Å². The number of hydrogen-bond donors (Lipinski definition) is 3. The normalized spacial score (nSPS) is 22.5. The monoisotopic (exact) mass is 264 g/mol. The Kier molecular flexibility index (Phi) is 4.96. The standard InChI is InChI=1S/C14H24N4O/c1-3-12-17-13(15-4-2)8-14(18-12)16-9-10-5-6-11(19)7-10/h8,10-11,19H,3-7,9H2,1-2H3,(H2,15,16,17,18). The molecule has 5 nitrogen and oxygen atoms in total. The van der Waals surface area contributed by atoms with Crippen LogP contribution in [0.25, 0.3) is 0 Å². The molecule has 0 bridgehead atoms. The van der Waals surface area contributed by atoms with Gasteiger partial charge in [-0.1, -0.05) is 6.92 Å². The maximum absolute atomic E-state index is 9.53. The Hall–Kier alpha value is -1.36. The molecule has 2 unspecified atom stereocenters. The molecule has 1 aliphatic carbocycles. The van der Waals surface area contributed by atoms with Gasteiger partial charge in [0.25, 0.3) is 0 Å². The number of anilines is 2. The van der Waals surface area contributed by atoms with Crippen LogP contribution in [0, 0.1) is 5.92 Å². The van der Waals surface area contributed by atoms with E-state index in [-0.39, 0.29) is 6.10 Å². The summed E-state index contributed by atoms with van der Waals surface area (Å²) < 4.78 is 0. The topological polar surface area (TPSA) is 70.1 Å². The maximum Gasteiger partial charge on any atom is 0.132 e. The molecule has 1 saturated carbocycles. The highest BCUT2D eigenvalue weighted by atomic mass is 16.3. The number of hydrogen-bond acceptors (Lipinski definition) is 5. The highest BCUT2D eigenvalue weighted by Gasteiger charge is 2.22. The van der Waals surface area contributed by atoms with Gasteiger partial charge in [-0.2, -0.15) is 0 Å². The van der Waals surface area contributed by atoms with E-state index in [1.807, 2.05) is 6.07 Å². The van der Waals surface area contributed by atoms with E-state index in [4.69, 9.17) is 0 Å². The molecule has 3 N–H and O–H groups in total. The van der Waals surface area contributed by atoms with Gasteiger partial charge in [0.15, 0.2) is 0 Å². The number of aliphatic hydroxyl groups is 1. The third kappa shape index (κ3) is 4.06. The molecule has 0 aliphatic heterocycles. The molecule has 0 saturated heterocycles. The molecule has 1 heterocycles. The Bertz CT molecular complexity index is 410. The second-order valence-corrected chi connectivity index (χ2v) is 5.15. The first-order valence-electron chi connectivity index (χ1n) is 7.25. The maximum atomic E-state index is 9.53. The molecule has 0 spiro atoms. The van der Waals surface area contributed by atoms with Gasteiger partial charge in [0.05, 0.1) is 6.10 Å². The summed E-state index contributed by atoms with van der Waals surface area (Å²) in [5.41, 5.74) is 0. The second-order valence-electron chi connectivity index (χ2n) is 5.15. The molecule has 1 aliphatic rings. The van der Waals surface area contributed by atoms with Crippen molar-refractivity contribution >= 4 is 11.6 Å². The summed E-state index contributed by atoms with van der Waals surface area (Å²) in [4.78, 5) is 8.92. The second kappa shape index (κ2) is 6.70. The van der Waals surface area contributed by atoms with Crippen molar-refractivity contribution in [2.24, 2.45) is 5.92 Å². The van der Waals surface area contributed by atoms with Gasteiger partial charge in [-0.05, 0) is 32.1 Å². The zero-order chi connectivity index (χ0) is 13.7. The van der Waals surface area contributed by atoms with Crippen LogP contribution in [-0.4, -0.2) is 34.3 Å². The van der Waals surface area contributed by atoms with Gasteiger partial charge in [-0.25, -0.2) is 9.97 Å². The van der Waals surface area contributed by atoms with Crippen LogP contribution in [0.2, 0.25) is 0 Å². The van der Waals surface area contributed by atoms with Gasteiger partial charge >= 0.3 is 0 Å². The summed E-state index contributed by atoms with van der Waals surface area (Å²) in [6, 6.07) is 1.95. The lowest BCUT2D eigenvalue weighted by atomic mass is 10.1. The average molecular weight is 264 g/mol. The number of aryl methyl sites for hydroxylation is 1. The highest BCUT2D eigenvalue weighted by Crippen LogP contribution is 2.25. The molecule has 106 valence electrons. The van der Waals surface area contributed by atoms with Crippen LogP contribution in [0.3, 0.4) is 0 Å². The first-order chi connectivity index (χ1) is 9.21. The molecule has 5 heteroatoms. The smallest absolute Gasteiger partial charge is 0.132 e. The zero-order valence-corrected chi connectivity index (χ0v) is 11.8. The molecule has 1 aromatic rings. The van der Waals surface area contributed by atoms with E-state index in [0.717, 1.165) is 56.2 Å². The Morgan fingerprint density at radius 1 is 1.21 bits per heavy atom. The van der Waals surface area contributed by atoms with Crippen molar-refractivity contribution in [3.63, 3.8) is 0 Å². The summed E-state index contributed by atoms with van der Waals surface area (Å²) in [6.07, 6.45) is 3.65. The number of rotatable bonds is 6. The van der Waals surface area contributed by atoms with Crippen molar-refractivity contribution in [1.29, 1.82) is 0 Å². The molecular formula is C14H24N4O. The molecule has 2 atom stereocenters. The predicted octanol–water partition coefficient (Wildman–Crippen LogP) is 2.04. The van der Waals surface area contributed by atoms with Gasteiger partial charge in [0, 0.05) is 25.6 Å². The molecule has 0 amide bonds. The number of nitrogens with zero attached hydrogens (tertiary/aromatic N) is 2. The lowest BCUT2D eigenvalue weighted by Gasteiger charge is -2.13.